The van der Waals surface area contributed by atoms with Crippen LogP contribution >= 0.6 is 0 Å². The van der Waals surface area contributed by atoms with Gasteiger partial charge in [0.25, 0.3) is 0 Å². The molecule has 2 aliphatic rings. The highest BCUT2D eigenvalue weighted by Gasteiger charge is 2.32. The van der Waals surface area contributed by atoms with Gasteiger partial charge in [0.1, 0.15) is 0 Å². The van der Waals surface area contributed by atoms with Gasteiger partial charge in [-0.1, -0.05) is 18.6 Å². The minimum Gasteiger partial charge on any atom is -0.306 e. The van der Waals surface area contributed by atoms with Crippen LogP contribution in [0.15, 0.2) is 11.6 Å². The first kappa shape index (κ1) is 14.3. The van der Waals surface area contributed by atoms with Gasteiger partial charge in [-0.15, -0.1) is 0 Å². The molecule has 0 saturated carbocycles. The fourth-order valence-corrected chi connectivity index (χ4v) is 3.26. The molecule has 4 nitrogen and oxygen atoms in total. The van der Waals surface area contributed by atoms with Crippen LogP contribution in [0.2, 0.25) is 0 Å². The third-order valence-electron chi connectivity index (χ3n) is 4.19. The summed E-state index contributed by atoms with van der Waals surface area (Å²) in [7, 11) is 1.58. The van der Waals surface area contributed by atoms with Gasteiger partial charge in [0, 0.05) is 13.5 Å². The lowest BCUT2D eigenvalue weighted by atomic mass is 9.83. The summed E-state index contributed by atoms with van der Waals surface area (Å²) >= 11 is 0. The number of rotatable bonds is 3. The quantitative estimate of drug-likeness (QED) is 0.623. The van der Waals surface area contributed by atoms with Crippen molar-refractivity contribution < 1.29 is 9.59 Å². The van der Waals surface area contributed by atoms with Gasteiger partial charge in [0.2, 0.25) is 11.8 Å². The first-order valence-corrected chi connectivity index (χ1v) is 7.18. The number of nitrogens with one attached hydrogen (secondary N) is 1. The van der Waals surface area contributed by atoms with Gasteiger partial charge in [0.05, 0.1) is 6.04 Å². The Kier molecular flexibility index (Phi) is 4.40. The lowest BCUT2D eigenvalue weighted by Crippen LogP contribution is -2.52. The Bertz CT molecular complexity index is 403. The van der Waals surface area contributed by atoms with Crippen molar-refractivity contribution in [2.45, 2.75) is 45.6 Å². The maximum atomic E-state index is 12.0. The van der Waals surface area contributed by atoms with E-state index in [1.807, 2.05) is 0 Å². The molecule has 0 radical (unpaired) electrons. The molecule has 3 atom stereocenters. The number of hydrogen-bond acceptors (Lipinski definition) is 3. The summed E-state index contributed by atoms with van der Waals surface area (Å²) in [4.78, 5) is 24.6. The minimum atomic E-state index is -0.177. The minimum absolute atomic E-state index is 0.0619. The van der Waals surface area contributed by atoms with E-state index in [2.05, 4.69) is 25.2 Å². The maximum Gasteiger partial charge on any atom is 0.246 e. The van der Waals surface area contributed by atoms with Crippen LogP contribution in [0.4, 0.5) is 0 Å². The van der Waals surface area contributed by atoms with E-state index in [4.69, 9.17) is 0 Å². The van der Waals surface area contributed by atoms with Crippen LogP contribution in [0.25, 0.3) is 0 Å². The van der Waals surface area contributed by atoms with Gasteiger partial charge < -0.3 is 5.32 Å². The van der Waals surface area contributed by atoms with Crippen molar-refractivity contribution in [2.24, 2.45) is 11.8 Å². The Balaban J connectivity index is 1.84. The van der Waals surface area contributed by atoms with Crippen molar-refractivity contribution in [2.75, 3.05) is 13.6 Å². The summed E-state index contributed by atoms with van der Waals surface area (Å²) in [6.07, 6.45) is 5.75. The summed E-state index contributed by atoms with van der Waals surface area (Å²) in [6.45, 7) is 5.29. The van der Waals surface area contributed by atoms with Gasteiger partial charge >= 0.3 is 0 Å². The molecule has 0 spiro atoms. The van der Waals surface area contributed by atoms with Crippen LogP contribution in [0.3, 0.4) is 0 Å². The predicted molar refractivity (Wildman–Crippen MR) is 74.4 cm³/mol. The number of carbonyl (C=O) groups is 2. The molecule has 3 unspecified atom stereocenters. The molecule has 1 N–H and O–H groups in total. The van der Waals surface area contributed by atoms with E-state index in [9.17, 15) is 9.59 Å². The second-order valence-corrected chi connectivity index (χ2v) is 6.09. The number of amides is 2. The number of hydrogen-bond donors (Lipinski definition) is 1. The molecule has 19 heavy (non-hydrogen) atoms. The zero-order valence-electron chi connectivity index (χ0n) is 12.1. The molecule has 1 aliphatic heterocycles. The van der Waals surface area contributed by atoms with Gasteiger partial charge in [-0.2, -0.15) is 0 Å². The molecule has 1 aliphatic carbocycles. The molecule has 0 aromatic rings. The smallest absolute Gasteiger partial charge is 0.246 e. The SMILES string of the molecule is CC1=CC(C)CC(CNC2CCC(=O)N(C)C2=O)C1. The van der Waals surface area contributed by atoms with E-state index >= 15 is 0 Å². The lowest BCUT2D eigenvalue weighted by molar-refractivity contribution is -0.148. The second-order valence-electron chi connectivity index (χ2n) is 6.09. The zero-order valence-corrected chi connectivity index (χ0v) is 12.1. The average molecular weight is 264 g/mol. The van der Waals surface area contributed by atoms with E-state index in [-0.39, 0.29) is 17.9 Å². The summed E-state index contributed by atoms with van der Waals surface area (Å²) < 4.78 is 0. The average Bonchev–Trinajstić information content (AvgIpc) is 2.34. The number of likely N-dealkylation sites (N-methyl/N-ethyl adjacent to an activating group) is 1. The molecule has 106 valence electrons. The monoisotopic (exact) mass is 264 g/mol. The highest BCUT2D eigenvalue weighted by Crippen LogP contribution is 2.27. The number of imide groups is 1. The molecule has 0 bridgehead atoms. The van der Waals surface area contributed by atoms with E-state index in [0.29, 0.717) is 24.7 Å². The summed E-state index contributed by atoms with van der Waals surface area (Å²) in [5.74, 6) is 1.10. The molecule has 1 saturated heterocycles. The highest BCUT2D eigenvalue weighted by atomic mass is 16.2. The van der Waals surface area contributed by atoms with E-state index in [1.165, 1.54) is 16.9 Å². The highest BCUT2D eigenvalue weighted by molar-refractivity contribution is 6.00. The van der Waals surface area contributed by atoms with Crippen LogP contribution in [-0.4, -0.2) is 36.3 Å². The van der Waals surface area contributed by atoms with Crippen LogP contribution in [-0.2, 0) is 9.59 Å². The van der Waals surface area contributed by atoms with Crippen molar-refractivity contribution in [3.05, 3.63) is 11.6 Å². The molecule has 2 amide bonds. The van der Waals surface area contributed by atoms with Crippen molar-refractivity contribution >= 4 is 11.8 Å². The van der Waals surface area contributed by atoms with Gasteiger partial charge in [-0.05, 0) is 44.6 Å². The van der Waals surface area contributed by atoms with Crippen LogP contribution in [0, 0.1) is 11.8 Å². The first-order chi connectivity index (χ1) is 8.97. The van der Waals surface area contributed by atoms with Crippen LogP contribution in [0.1, 0.15) is 39.5 Å². The molecule has 1 fully saturated rings. The third-order valence-corrected chi connectivity index (χ3v) is 4.19. The normalized spacial score (nSPS) is 32.5. The third kappa shape index (κ3) is 3.44. The van der Waals surface area contributed by atoms with Gasteiger partial charge in [0.15, 0.2) is 0 Å². The molecular formula is C15H24N2O2. The lowest BCUT2D eigenvalue weighted by Gasteiger charge is -2.31. The molecule has 0 aromatic heterocycles. The van der Waals surface area contributed by atoms with Crippen molar-refractivity contribution in [1.82, 2.24) is 10.2 Å². The standard InChI is InChI=1S/C15H24N2O2/c1-10-6-11(2)8-12(7-10)9-16-13-4-5-14(18)17(3)15(13)19/h6,10,12-13,16H,4-5,7-9H2,1-3H3. The summed E-state index contributed by atoms with van der Waals surface area (Å²) in [5, 5.41) is 3.36. The summed E-state index contributed by atoms with van der Waals surface area (Å²) in [5.41, 5.74) is 1.45. The Morgan fingerprint density at radius 1 is 1.42 bits per heavy atom. The Hall–Kier alpha value is -1.16. The largest absolute Gasteiger partial charge is 0.306 e. The fourth-order valence-electron chi connectivity index (χ4n) is 3.26. The Morgan fingerprint density at radius 3 is 2.84 bits per heavy atom. The first-order valence-electron chi connectivity index (χ1n) is 7.18. The number of allylic oxidation sites excluding steroid dienone is 2. The van der Waals surface area contributed by atoms with Crippen molar-refractivity contribution in [3.8, 4) is 0 Å². The second kappa shape index (κ2) is 5.87. The molecule has 1 heterocycles. The Labute approximate surface area is 115 Å². The van der Waals surface area contributed by atoms with Crippen molar-refractivity contribution in [3.63, 3.8) is 0 Å². The van der Waals surface area contributed by atoms with E-state index in [1.54, 1.807) is 7.05 Å². The number of carbonyl (C=O) groups excluding carboxylic acids is 2. The number of likely N-dealkylation sites (tertiary alicyclic amines) is 1. The van der Waals surface area contributed by atoms with Crippen LogP contribution < -0.4 is 5.32 Å². The summed E-state index contributed by atoms with van der Waals surface area (Å²) in [6, 6.07) is -0.177. The van der Waals surface area contributed by atoms with Crippen LogP contribution in [0.5, 0.6) is 0 Å². The molecule has 2 rings (SSSR count). The predicted octanol–water partition coefficient (Wildman–Crippen LogP) is 1.72. The molecular weight excluding hydrogens is 240 g/mol. The van der Waals surface area contributed by atoms with E-state index < -0.39 is 0 Å². The molecule has 4 heteroatoms. The zero-order chi connectivity index (χ0) is 14.0. The number of nitrogens with zero attached hydrogens (tertiary/aromatic N) is 1. The molecule has 0 aromatic carbocycles. The van der Waals surface area contributed by atoms with Gasteiger partial charge in [-0.3, -0.25) is 14.5 Å². The maximum absolute atomic E-state index is 12.0. The Morgan fingerprint density at radius 2 is 2.16 bits per heavy atom. The van der Waals surface area contributed by atoms with Gasteiger partial charge in [-0.25, -0.2) is 0 Å². The van der Waals surface area contributed by atoms with E-state index in [0.717, 1.165) is 13.0 Å². The fraction of sp³-hybridized carbons (Fsp3) is 0.733. The number of piperidine rings is 1. The topological polar surface area (TPSA) is 49.4 Å². The van der Waals surface area contributed by atoms with Crippen molar-refractivity contribution in [1.29, 1.82) is 0 Å².